The van der Waals surface area contributed by atoms with Crippen molar-refractivity contribution in [1.82, 2.24) is 9.97 Å². The number of halogens is 1. The number of thiophene rings is 2. The second kappa shape index (κ2) is 4.25. The van der Waals surface area contributed by atoms with Crippen LogP contribution in [-0.2, 0) is 0 Å². The van der Waals surface area contributed by atoms with Gasteiger partial charge in [0.1, 0.15) is 4.83 Å². The van der Waals surface area contributed by atoms with Crippen molar-refractivity contribution in [3.05, 3.63) is 27.9 Å². The van der Waals surface area contributed by atoms with Gasteiger partial charge < -0.3 is 5.32 Å². The summed E-state index contributed by atoms with van der Waals surface area (Å²) < 4.78 is 0.771. The van der Waals surface area contributed by atoms with E-state index in [-0.39, 0.29) is 0 Å². The van der Waals surface area contributed by atoms with Gasteiger partial charge in [0.05, 0.1) is 14.9 Å². The maximum absolute atomic E-state index is 5.97. The van der Waals surface area contributed by atoms with Gasteiger partial charge in [0, 0.05) is 12.4 Å². The predicted molar refractivity (Wildman–Crippen MR) is 75.3 cm³/mol. The molecule has 0 amide bonds. The van der Waals surface area contributed by atoms with Crippen LogP contribution in [0.1, 0.15) is 0 Å². The van der Waals surface area contributed by atoms with Crippen molar-refractivity contribution in [2.24, 2.45) is 0 Å². The summed E-state index contributed by atoms with van der Waals surface area (Å²) in [5.41, 5.74) is 0.942. The van der Waals surface area contributed by atoms with Crippen molar-refractivity contribution in [3.8, 4) is 10.6 Å². The average molecular weight is 282 g/mol. The van der Waals surface area contributed by atoms with Gasteiger partial charge in [-0.2, -0.15) is 0 Å². The summed E-state index contributed by atoms with van der Waals surface area (Å²) in [6.45, 7) is 0. The second-order valence-corrected chi connectivity index (χ2v) is 6.00. The smallest absolute Gasteiger partial charge is 0.224 e. The molecule has 0 spiro atoms. The van der Waals surface area contributed by atoms with E-state index in [0.29, 0.717) is 5.95 Å². The van der Waals surface area contributed by atoms with Crippen LogP contribution in [0, 0.1) is 0 Å². The van der Waals surface area contributed by atoms with E-state index < -0.39 is 0 Å². The number of rotatable bonds is 2. The standard InChI is InChI=1S/C11H8ClN3S2/c1-13-11-14-9(7-2-3-8(12)17-7)6-4-5-16-10(6)15-11/h2-5H,1H3,(H,13,14,15). The highest BCUT2D eigenvalue weighted by atomic mass is 35.5. The zero-order valence-electron chi connectivity index (χ0n) is 8.90. The van der Waals surface area contributed by atoms with Crippen LogP contribution in [0.3, 0.4) is 0 Å². The molecule has 3 nitrogen and oxygen atoms in total. The Morgan fingerprint density at radius 2 is 2.12 bits per heavy atom. The first-order valence-corrected chi connectivity index (χ1v) is 7.04. The van der Waals surface area contributed by atoms with Gasteiger partial charge >= 0.3 is 0 Å². The van der Waals surface area contributed by atoms with E-state index in [1.165, 1.54) is 11.3 Å². The molecule has 3 aromatic heterocycles. The zero-order chi connectivity index (χ0) is 11.8. The maximum atomic E-state index is 5.97. The van der Waals surface area contributed by atoms with Crippen molar-refractivity contribution in [1.29, 1.82) is 0 Å². The minimum absolute atomic E-state index is 0.638. The molecule has 0 saturated carbocycles. The molecule has 3 heterocycles. The van der Waals surface area contributed by atoms with Crippen LogP contribution in [0.5, 0.6) is 0 Å². The van der Waals surface area contributed by atoms with E-state index in [1.54, 1.807) is 11.3 Å². The van der Waals surface area contributed by atoms with Crippen LogP contribution in [0.2, 0.25) is 4.34 Å². The minimum atomic E-state index is 0.638. The first-order valence-electron chi connectivity index (χ1n) is 4.96. The minimum Gasteiger partial charge on any atom is -0.357 e. The molecule has 0 atom stereocenters. The molecule has 0 fully saturated rings. The van der Waals surface area contributed by atoms with Crippen molar-refractivity contribution in [3.63, 3.8) is 0 Å². The Bertz CT molecular complexity index is 674. The number of fused-ring (bicyclic) bond motifs is 1. The molecule has 17 heavy (non-hydrogen) atoms. The third-order valence-electron chi connectivity index (χ3n) is 2.36. The summed E-state index contributed by atoms with van der Waals surface area (Å²) in [6, 6.07) is 5.93. The van der Waals surface area contributed by atoms with Gasteiger partial charge in [-0.25, -0.2) is 9.97 Å². The topological polar surface area (TPSA) is 37.8 Å². The second-order valence-electron chi connectivity index (χ2n) is 3.39. The van der Waals surface area contributed by atoms with Crippen molar-refractivity contribution in [2.75, 3.05) is 12.4 Å². The quantitative estimate of drug-likeness (QED) is 0.768. The Labute approximate surface area is 111 Å². The van der Waals surface area contributed by atoms with E-state index in [0.717, 1.165) is 25.1 Å². The SMILES string of the molecule is CNc1nc(-c2ccc(Cl)s2)c2ccsc2n1. The lowest BCUT2D eigenvalue weighted by Crippen LogP contribution is -1.96. The Balaban J connectivity index is 2.29. The number of anilines is 1. The predicted octanol–water partition coefficient (Wildman–Crippen LogP) is 4.11. The molecule has 0 aromatic carbocycles. The third-order valence-corrected chi connectivity index (χ3v) is 4.40. The van der Waals surface area contributed by atoms with Gasteiger partial charge in [0.15, 0.2) is 0 Å². The number of nitrogens with one attached hydrogen (secondary N) is 1. The van der Waals surface area contributed by atoms with Gasteiger partial charge in [0.25, 0.3) is 0 Å². The molecular formula is C11H8ClN3S2. The number of nitrogens with zero attached hydrogens (tertiary/aromatic N) is 2. The highest BCUT2D eigenvalue weighted by Gasteiger charge is 2.11. The summed E-state index contributed by atoms with van der Waals surface area (Å²) in [6.07, 6.45) is 0. The fraction of sp³-hybridized carbons (Fsp3) is 0.0909. The average Bonchev–Trinajstić information content (AvgIpc) is 2.95. The number of hydrogen-bond acceptors (Lipinski definition) is 5. The molecule has 0 aliphatic rings. The molecule has 0 unspecified atom stereocenters. The fourth-order valence-corrected chi connectivity index (χ4v) is 3.41. The lowest BCUT2D eigenvalue weighted by atomic mass is 10.2. The Morgan fingerprint density at radius 1 is 1.24 bits per heavy atom. The summed E-state index contributed by atoms with van der Waals surface area (Å²) >= 11 is 9.11. The van der Waals surface area contributed by atoms with Crippen LogP contribution in [-0.4, -0.2) is 17.0 Å². The van der Waals surface area contributed by atoms with Gasteiger partial charge in [0.2, 0.25) is 5.95 Å². The Hall–Kier alpha value is -1.17. The van der Waals surface area contributed by atoms with Gasteiger partial charge in [-0.05, 0) is 23.6 Å². The summed E-state index contributed by atoms with van der Waals surface area (Å²) in [7, 11) is 1.82. The van der Waals surface area contributed by atoms with Gasteiger partial charge in [-0.15, -0.1) is 22.7 Å². The molecule has 3 rings (SSSR count). The summed E-state index contributed by atoms with van der Waals surface area (Å²) in [4.78, 5) is 11.0. The normalized spacial score (nSPS) is 10.9. The molecule has 86 valence electrons. The molecule has 0 aliphatic heterocycles. The monoisotopic (exact) mass is 281 g/mol. The molecule has 1 N–H and O–H groups in total. The molecule has 0 bridgehead atoms. The third kappa shape index (κ3) is 1.90. The van der Waals surface area contributed by atoms with E-state index in [1.807, 2.05) is 30.6 Å². The molecule has 0 aliphatic carbocycles. The van der Waals surface area contributed by atoms with Crippen LogP contribution < -0.4 is 5.32 Å². The van der Waals surface area contributed by atoms with Gasteiger partial charge in [-0.1, -0.05) is 11.6 Å². The van der Waals surface area contributed by atoms with Crippen molar-refractivity contribution in [2.45, 2.75) is 0 Å². The highest BCUT2D eigenvalue weighted by Crippen LogP contribution is 2.35. The largest absolute Gasteiger partial charge is 0.357 e. The van der Waals surface area contributed by atoms with Crippen LogP contribution in [0.4, 0.5) is 5.95 Å². The summed E-state index contributed by atoms with van der Waals surface area (Å²) in [5.74, 6) is 0.638. The van der Waals surface area contributed by atoms with Crippen molar-refractivity contribution < 1.29 is 0 Å². The van der Waals surface area contributed by atoms with Gasteiger partial charge in [-0.3, -0.25) is 0 Å². The molecule has 0 radical (unpaired) electrons. The van der Waals surface area contributed by atoms with E-state index in [4.69, 9.17) is 11.6 Å². The summed E-state index contributed by atoms with van der Waals surface area (Å²) in [5, 5.41) is 6.08. The Morgan fingerprint density at radius 3 is 2.82 bits per heavy atom. The molecule has 3 aromatic rings. The van der Waals surface area contributed by atoms with E-state index in [9.17, 15) is 0 Å². The molecular weight excluding hydrogens is 274 g/mol. The maximum Gasteiger partial charge on any atom is 0.224 e. The van der Waals surface area contributed by atoms with E-state index >= 15 is 0 Å². The molecule has 6 heteroatoms. The first kappa shape index (κ1) is 11.0. The van der Waals surface area contributed by atoms with Crippen LogP contribution in [0.15, 0.2) is 23.6 Å². The van der Waals surface area contributed by atoms with Crippen LogP contribution in [0.25, 0.3) is 20.8 Å². The number of aromatic nitrogens is 2. The lowest BCUT2D eigenvalue weighted by Gasteiger charge is -2.03. The highest BCUT2D eigenvalue weighted by molar-refractivity contribution is 7.19. The van der Waals surface area contributed by atoms with E-state index in [2.05, 4.69) is 15.3 Å². The first-order chi connectivity index (χ1) is 8.28. The lowest BCUT2D eigenvalue weighted by molar-refractivity contribution is 1.21. The van der Waals surface area contributed by atoms with Crippen molar-refractivity contribution >= 4 is 50.4 Å². The number of hydrogen-bond donors (Lipinski definition) is 1. The Kier molecular flexibility index (Phi) is 2.74. The fourth-order valence-electron chi connectivity index (χ4n) is 1.60. The molecule has 0 saturated heterocycles. The van der Waals surface area contributed by atoms with Crippen LogP contribution >= 0.6 is 34.3 Å². The zero-order valence-corrected chi connectivity index (χ0v) is 11.3.